The molecule has 0 radical (unpaired) electrons. The zero-order chi connectivity index (χ0) is 18.4. The van der Waals surface area contributed by atoms with Crippen molar-refractivity contribution in [2.45, 2.75) is 6.42 Å². The number of benzene rings is 2. The van der Waals surface area contributed by atoms with E-state index in [1.54, 1.807) is 36.3 Å². The summed E-state index contributed by atoms with van der Waals surface area (Å²) in [6.45, 7) is 0. The first-order valence-corrected chi connectivity index (χ1v) is 8.10. The molecule has 1 heterocycles. The lowest BCUT2D eigenvalue weighted by molar-refractivity contribution is -0.117. The Morgan fingerprint density at radius 1 is 1.00 bits per heavy atom. The Bertz CT molecular complexity index is 861. The standard InChI is InChI=1S/C19H19N5O2/c1-24(16-5-3-2-4-6-16)18(25)13-14-7-9-15(10-8-14)21-19(26)22-17-11-12-20-23-17/h2-12H,13H2,1H3,(H3,20,21,22,23,26). The number of urea groups is 1. The van der Waals surface area contributed by atoms with Gasteiger partial charge < -0.3 is 10.2 Å². The fraction of sp³-hybridized carbons (Fsp3) is 0.105. The van der Waals surface area contributed by atoms with Crippen molar-refractivity contribution in [2.24, 2.45) is 0 Å². The van der Waals surface area contributed by atoms with Crippen LogP contribution in [0.5, 0.6) is 0 Å². The first-order chi connectivity index (χ1) is 12.6. The van der Waals surface area contributed by atoms with Crippen molar-refractivity contribution < 1.29 is 9.59 Å². The normalized spacial score (nSPS) is 10.2. The van der Waals surface area contributed by atoms with Gasteiger partial charge in [-0.15, -0.1) is 0 Å². The van der Waals surface area contributed by atoms with Crippen LogP contribution in [-0.4, -0.2) is 29.2 Å². The molecule has 3 aromatic rings. The Labute approximate surface area is 151 Å². The van der Waals surface area contributed by atoms with Gasteiger partial charge in [-0.25, -0.2) is 4.79 Å². The van der Waals surface area contributed by atoms with Gasteiger partial charge in [-0.05, 0) is 29.8 Å². The van der Waals surface area contributed by atoms with Crippen LogP contribution in [0.25, 0.3) is 0 Å². The van der Waals surface area contributed by atoms with Crippen molar-refractivity contribution in [1.82, 2.24) is 10.2 Å². The first kappa shape index (κ1) is 17.2. The average Bonchev–Trinajstić information content (AvgIpc) is 3.16. The maximum atomic E-state index is 12.4. The van der Waals surface area contributed by atoms with Gasteiger partial charge in [0.1, 0.15) is 5.82 Å². The highest BCUT2D eigenvalue weighted by Crippen LogP contribution is 2.15. The third kappa shape index (κ3) is 4.47. The van der Waals surface area contributed by atoms with E-state index in [1.807, 2.05) is 42.5 Å². The Kier molecular flexibility index (Phi) is 5.28. The average molecular weight is 349 g/mol. The number of nitrogens with zero attached hydrogens (tertiary/aromatic N) is 2. The summed E-state index contributed by atoms with van der Waals surface area (Å²) in [6, 6.07) is 17.9. The zero-order valence-corrected chi connectivity index (χ0v) is 14.3. The van der Waals surface area contributed by atoms with Crippen molar-refractivity contribution in [2.75, 3.05) is 22.6 Å². The molecule has 0 bridgehead atoms. The molecule has 3 amide bonds. The van der Waals surface area contributed by atoms with Crippen LogP contribution in [0.4, 0.5) is 22.0 Å². The van der Waals surface area contributed by atoms with Gasteiger partial charge in [0.15, 0.2) is 0 Å². The second kappa shape index (κ2) is 7.98. The van der Waals surface area contributed by atoms with E-state index < -0.39 is 0 Å². The van der Waals surface area contributed by atoms with E-state index in [4.69, 9.17) is 0 Å². The van der Waals surface area contributed by atoms with Gasteiger partial charge in [-0.2, -0.15) is 5.10 Å². The number of hydrogen-bond acceptors (Lipinski definition) is 3. The van der Waals surface area contributed by atoms with Gasteiger partial charge in [-0.1, -0.05) is 30.3 Å². The fourth-order valence-corrected chi connectivity index (χ4v) is 2.40. The van der Waals surface area contributed by atoms with Gasteiger partial charge in [0.2, 0.25) is 5.91 Å². The van der Waals surface area contributed by atoms with Crippen LogP contribution in [0.15, 0.2) is 66.9 Å². The summed E-state index contributed by atoms with van der Waals surface area (Å²) >= 11 is 0. The summed E-state index contributed by atoms with van der Waals surface area (Å²) in [5.74, 6) is 0.502. The molecule has 0 aliphatic rings. The molecule has 0 spiro atoms. The molecule has 0 saturated heterocycles. The van der Waals surface area contributed by atoms with Gasteiger partial charge >= 0.3 is 6.03 Å². The highest BCUT2D eigenvalue weighted by Gasteiger charge is 2.11. The predicted molar refractivity (Wildman–Crippen MR) is 101 cm³/mol. The lowest BCUT2D eigenvalue weighted by Crippen LogP contribution is -2.27. The number of carbonyl (C=O) groups is 2. The minimum Gasteiger partial charge on any atom is -0.315 e. The topological polar surface area (TPSA) is 90.1 Å². The molecule has 0 saturated carbocycles. The number of hydrogen-bond donors (Lipinski definition) is 3. The summed E-state index contributed by atoms with van der Waals surface area (Å²) in [7, 11) is 1.76. The third-order valence-corrected chi connectivity index (χ3v) is 3.83. The summed E-state index contributed by atoms with van der Waals surface area (Å²) in [4.78, 5) is 25.9. The summed E-state index contributed by atoms with van der Waals surface area (Å²) in [5.41, 5.74) is 2.36. The fourth-order valence-electron chi connectivity index (χ4n) is 2.40. The highest BCUT2D eigenvalue weighted by atomic mass is 16.2. The van der Waals surface area contributed by atoms with Crippen molar-refractivity contribution in [3.05, 3.63) is 72.4 Å². The Balaban J connectivity index is 1.55. The second-order valence-corrected chi connectivity index (χ2v) is 5.71. The van der Waals surface area contributed by atoms with Crippen LogP contribution < -0.4 is 15.5 Å². The van der Waals surface area contributed by atoms with Crippen LogP contribution in [0, 0.1) is 0 Å². The number of rotatable bonds is 5. The van der Waals surface area contributed by atoms with Crippen molar-refractivity contribution in [1.29, 1.82) is 0 Å². The number of amides is 3. The van der Waals surface area contributed by atoms with E-state index >= 15 is 0 Å². The van der Waals surface area contributed by atoms with Crippen molar-refractivity contribution in [3.8, 4) is 0 Å². The van der Waals surface area contributed by atoms with Crippen LogP contribution in [0.1, 0.15) is 5.56 Å². The van der Waals surface area contributed by atoms with Crippen LogP contribution in [0.2, 0.25) is 0 Å². The highest BCUT2D eigenvalue weighted by molar-refractivity contribution is 5.99. The summed E-state index contributed by atoms with van der Waals surface area (Å²) in [5, 5.41) is 11.7. The van der Waals surface area contributed by atoms with E-state index in [1.165, 1.54) is 0 Å². The van der Waals surface area contributed by atoms with E-state index in [0.29, 0.717) is 11.5 Å². The number of para-hydroxylation sites is 1. The lowest BCUT2D eigenvalue weighted by Gasteiger charge is -2.17. The van der Waals surface area contributed by atoms with E-state index in [-0.39, 0.29) is 18.4 Å². The van der Waals surface area contributed by atoms with Crippen LogP contribution in [0.3, 0.4) is 0 Å². The molecule has 2 aromatic carbocycles. The molecule has 7 nitrogen and oxygen atoms in total. The Hall–Kier alpha value is -3.61. The largest absolute Gasteiger partial charge is 0.324 e. The monoisotopic (exact) mass is 349 g/mol. The predicted octanol–water partition coefficient (Wildman–Crippen LogP) is 3.26. The summed E-state index contributed by atoms with van der Waals surface area (Å²) in [6.07, 6.45) is 1.83. The molecule has 7 heteroatoms. The molecule has 0 fully saturated rings. The second-order valence-electron chi connectivity index (χ2n) is 5.71. The van der Waals surface area contributed by atoms with Gasteiger partial charge in [0, 0.05) is 24.5 Å². The number of carbonyl (C=O) groups excluding carboxylic acids is 2. The molecule has 26 heavy (non-hydrogen) atoms. The summed E-state index contributed by atoms with van der Waals surface area (Å²) < 4.78 is 0. The number of aromatic nitrogens is 2. The number of anilines is 3. The number of nitrogens with one attached hydrogen (secondary N) is 3. The molecule has 1 aromatic heterocycles. The van der Waals surface area contributed by atoms with Gasteiger partial charge in [0.25, 0.3) is 0 Å². The smallest absolute Gasteiger partial charge is 0.315 e. The SMILES string of the molecule is CN(C(=O)Cc1ccc(NC(=O)Nc2ccn[nH]2)cc1)c1ccccc1. The van der Waals surface area contributed by atoms with Gasteiger partial charge in [-0.3, -0.25) is 15.2 Å². The van der Waals surface area contributed by atoms with Gasteiger partial charge in [0.05, 0.1) is 12.6 Å². The molecule has 0 atom stereocenters. The maximum absolute atomic E-state index is 12.4. The minimum atomic E-state index is -0.373. The number of aromatic amines is 1. The van der Waals surface area contributed by atoms with E-state index in [2.05, 4.69) is 20.8 Å². The maximum Gasteiger partial charge on any atom is 0.324 e. The molecule has 3 rings (SSSR count). The molecule has 0 aliphatic heterocycles. The third-order valence-electron chi connectivity index (χ3n) is 3.83. The van der Waals surface area contributed by atoms with E-state index in [9.17, 15) is 9.59 Å². The molecule has 0 aliphatic carbocycles. The molecular formula is C19H19N5O2. The van der Waals surface area contributed by atoms with Crippen LogP contribution >= 0.6 is 0 Å². The van der Waals surface area contributed by atoms with Crippen LogP contribution in [-0.2, 0) is 11.2 Å². The molecular weight excluding hydrogens is 330 g/mol. The molecule has 3 N–H and O–H groups in total. The van der Waals surface area contributed by atoms with Crippen molar-refractivity contribution >= 4 is 29.1 Å². The molecule has 132 valence electrons. The zero-order valence-electron chi connectivity index (χ0n) is 14.3. The Morgan fingerprint density at radius 3 is 2.38 bits per heavy atom. The Morgan fingerprint density at radius 2 is 1.73 bits per heavy atom. The van der Waals surface area contributed by atoms with E-state index in [0.717, 1.165) is 11.3 Å². The number of H-pyrrole nitrogens is 1. The number of likely N-dealkylation sites (N-methyl/N-ethyl adjacent to an activating group) is 1. The van der Waals surface area contributed by atoms with Crippen molar-refractivity contribution in [3.63, 3.8) is 0 Å². The quantitative estimate of drug-likeness (QED) is 0.660. The minimum absolute atomic E-state index is 0.00565. The first-order valence-electron chi connectivity index (χ1n) is 8.10. The lowest BCUT2D eigenvalue weighted by atomic mass is 10.1. The molecule has 0 unspecified atom stereocenters.